The van der Waals surface area contributed by atoms with Gasteiger partial charge in [-0.2, -0.15) is 5.26 Å². The van der Waals surface area contributed by atoms with Gasteiger partial charge in [0.15, 0.2) is 0 Å². The lowest BCUT2D eigenvalue weighted by atomic mass is 10.2. The van der Waals surface area contributed by atoms with Crippen LogP contribution in [0.25, 0.3) is 0 Å². The topological polar surface area (TPSA) is 84.7 Å². The highest BCUT2D eigenvalue weighted by Crippen LogP contribution is 2.12. The van der Waals surface area contributed by atoms with Gasteiger partial charge >= 0.3 is 0 Å². The number of aromatic nitrogens is 3. The van der Waals surface area contributed by atoms with Gasteiger partial charge in [-0.1, -0.05) is 13.8 Å². The summed E-state index contributed by atoms with van der Waals surface area (Å²) in [6, 6.07) is 4.96. The standard InChI is InChI=1S/C12H12N4O2/c1-8(2)11-15-14-10(18-11)7-16-5-3-4-9(6-13)12(16)17/h3-5,8H,7H2,1-2H3. The predicted molar refractivity (Wildman–Crippen MR) is 62.9 cm³/mol. The normalized spacial score (nSPS) is 10.6. The van der Waals surface area contributed by atoms with E-state index in [0.29, 0.717) is 11.8 Å². The van der Waals surface area contributed by atoms with E-state index in [-0.39, 0.29) is 23.6 Å². The lowest BCUT2D eigenvalue weighted by molar-refractivity contribution is 0.421. The molecular formula is C12H12N4O2. The Morgan fingerprint density at radius 2 is 2.28 bits per heavy atom. The van der Waals surface area contributed by atoms with Crippen LogP contribution in [0, 0.1) is 11.3 Å². The monoisotopic (exact) mass is 244 g/mol. The summed E-state index contributed by atoms with van der Waals surface area (Å²) in [4.78, 5) is 11.8. The highest BCUT2D eigenvalue weighted by atomic mass is 16.4. The Bertz CT molecular complexity index is 649. The summed E-state index contributed by atoms with van der Waals surface area (Å²) in [5.74, 6) is 1.04. The molecule has 0 aromatic carbocycles. The molecule has 0 N–H and O–H groups in total. The summed E-state index contributed by atoms with van der Waals surface area (Å²) in [6.45, 7) is 4.06. The lowest BCUT2D eigenvalue weighted by Crippen LogP contribution is -2.22. The van der Waals surface area contributed by atoms with Gasteiger partial charge < -0.3 is 8.98 Å². The third-order valence-electron chi connectivity index (χ3n) is 2.42. The van der Waals surface area contributed by atoms with E-state index >= 15 is 0 Å². The molecule has 2 heterocycles. The van der Waals surface area contributed by atoms with Gasteiger partial charge in [0.05, 0.1) is 0 Å². The summed E-state index contributed by atoms with van der Waals surface area (Å²) < 4.78 is 6.78. The maximum absolute atomic E-state index is 11.8. The van der Waals surface area contributed by atoms with Crippen molar-refractivity contribution in [2.75, 3.05) is 0 Å². The van der Waals surface area contributed by atoms with E-state index in [1.807, 2.05) is 19.9 Å². The molecule has 0 aliphatic rings. The zero-order chi connectivity index (χ0) is 13.1. The van der Waals surface area contributed by atoms with Gasteiger partial charge in [0.1, 0.15) is 18.2 Å². The zero-order valence-electron chi connectivity index (χ0n) is 10.1. The van der Waals surface area contributed by atoms with E-state index in [1.165, 1.54) is 10.6 Å². The molecule has 0 bridgehead atoms. The van der Waals surface area contributed by atoms with Crippen LogP contribution >= 0.6 is 0 Å². The highest BCUT2D eigenvalue weighted by Gasteiger charge is 2.11. The van der Waals surface area contributed by atoms with Gasteiger partial charge in [-0.15, -0.1) is 10.2 Å². The molecule has 0 unspecified atom stereocenters. The largest absolute Gasteiger partial charge is 0.423 e. The molecule has 0 fully saturated rings. The molecule has 2 aromatic rings. The Balaban J connectivity index is 2.29. The third-order valence-corrected chi connectivity index (χ3v) is 2.42. The van der Waals surface area contributed by atoms with Crippen molar-refractivity contribution in [1.29, 1.82) is 5.26 Å². The first kappa shape index (κ1) is 12.0. The smallest absolute Gasteiger partial charge is 0.268 e. The van der Waals surface area contributed by atoms with E-state index in [2.05, 4.69) is 10.2 Å². The van der Waals surface area contributed by atoms with Gasteiger partial charge in [-0.25, -0.2) is 0 Å². The fraction of sp³-hybridized carbons (Fsp3) is 0.333. The van der Waals surface area contributed by atoms with Crippen LogP contribution in [0.2, 0.25) is 0 Å². The Morgan fingerprint density at radius 3 is 2.89 bits per heavy atom. The fourth-order valence-electron chi connectivity index (χ4n) is 1.46. The van der Waals surface area contributed by atoms with E-state index < -0.39 is 0 Å². The summed E-state index contributed by atoms with van der Waals surface area (Å²) in [5, 5.41) is 16.5. The van der Waals surface area contributed by atoms with Crippen LogP contribution in [0.4, 0.5) is 0 Å². The fourth-order valence-corrected chi connectivity index (χ4v) is 1.46. The summed E-state index contributed by atoms with van der Waals surface area (Å²) >= 11 is 0. The van der Waals surface area contributed by atoms with Crippen molar-refractivity contribution < 1.29 is 4.42 Å². The van der Waals surface area contributed by atoms with Crippen LogP contribution in [0.3, 0.4) is 0 Å². The minimum atomic E-state index is -0.357. The molecule has 0 radical (unpaired) electrons. The maximum Gasteiger partial charge on any atom is 0.268 e. The highest BCUT2D eigenvalue weighted by molar-refractivity contribution is 5.25. The van der Waals surface area contributed by atoms with E-state index in [1.54, 1.807) is 12.3 Å². The second kappa shape index (κ2) is 4.84. The molecule has 0 saturated heterocycles. The Kier molecular flexibility index (Phi) is 3.24. The van der Waals surface area contributed by atoms with Gasteiger partial charge in [0, 0.05) is 12.1 Å². The predicted octanol–water partition coefficient (Wildman–Crippen LogP) is 1.27. The minimum Gasteiger partial charge on any atom is -0.423 e. The number of rotatable bonds is 3. The van der Waals surface area contributed by atoms with Crippen molar-refractivity contribution in [2.24, 2.45) is 0 Å². The van der Waals surface area contributed by atoms with Crippen LogP contribution < -0.4 is 5.56 Å². The molecule has 0 aliphatic carbocycles. The molecule has 2 rings (SSSR count). The minimum absolute atomic E-state index is 0.0982. The number of pyridine rings is 1. The number of nitrogens with zero attached hydrogens (tertiary/aromatic N) is 4. The summed E-state index contributed by atoms with van der Waals surface area (Å²) in [6.07, 6.45) is 1.59. The van der Waals surface area contributed by atoms with Gasteiger partial charge in [0.25, 0.3) is 5.56 Å². The van der Waals surface area contributed by atoms with Crippen molar-refractivity contribution in [1.82, 2.24) is 14.8 Å². The van der Waals surface area contributed by atoms with Crippen molar-refractivity contribution in [2.45, 2.75) is 26.3 Å². The first-order valence-corrected chi connectivity index (χ1v) is 5.53. The number of nitriles is 1. The maximum atomic E-state index is 11.8. The van der Waals surface area contributed by atoms with Crippen LogP contribution in [-0.2, 0) is 6.54 Å². The molecule has 0 saturated carbocycles. The zero-order valence-corrected chi connectivity index (χ0v) is 10.1. The Morgan fingerprint density at radius 1 is 1.50 bits per heavy atom. The summed E-state index contributed by atoms with van der Waals surface area (Å²) in [5.41, 5.74) is -0.259. The Labute approximate surface area is 103 Å². The van der Waals surface area contributed by atoms with Crippen molar-refractivity contribution in [3.8, 4) is 6.07 Å². The molecule has 92 valence electrons. The van der Waals surface area contributed by atoms with E-state index in [4.69, 9.17) is 9.68 Å². The molecule has 6 nitrogen and oxygen atoms in total. The van der Waals surface area contributed by atoms with Crippen molar-refractivity contribution >= 4 is 0 Å². The summed E-state index contributed by atoms with van der Waals surface area (Å²) in [7, 11) is 0. The van der Waals surface area contributed by atoms with Crippen LogP contribution in [0.5, 0.6) is 0 Å². The average Bonchev–Trinajstić information content (AvgIpc) is 2.80. The van der Waals surface area contributed by atoms with Crippen molar-refractivity contribution in [3.05, 3.63) is 46.0 Å². The van der Waals surface area contributed by atoms with E-state index in [0.717, 1.165) is 0 Å². The molecule has 0 atom stereocenters. The molecule has 18 heavy (non-hydrogen) atoms. The molecule has 2 aromatic heterocycles. The molecule has 6 heteroatoms. The molecular weight excluding hydrogens is 232 g/mol. The second-order valence-corrected chi connectivity index (χ2v) is 4.16. The number of hydrogen-bond acceptors (Lipinski definition) is 5. The van der Waals surface area contributed by atoms with Gasteiger partial charge in [-0.05, 0) is 12.1 Å². The van der Waals surface area contributed by atoms with Crippen LogP contribution in [-0.4, -0.2) is 14.8 Å². The van der Waals surface area contributed by atoms with Crippen molar-refractivity contribution in [3.63, 3.8) is 0 Å². The van der Waals surface area contributed by atoms with Gasteiger partial charge in [-0.3, -0.25) is 4.79 Å². The first-order chi connectivity index (χ1) is 8.61. The third kappa shape index (κ3) is 2.30. The molecule has 0 aliphatic heterocycles. The average molecular weight is 244 g/mol. The van der Waals surface area contributed by atoms with Crippen LogP contribution in [0.1, 0.15) is 37.1 Å². The second-order valence-electron chi connectivity index (χ2n) is 4.16. The number of hydrogen-bond donors (Lipinski definition) is 0. The van der Waals surface area contributed by atoms with Gasteiger partial charge in [0.2, 0.25) is 11.8 Å². The van der Waals surface area contributed by atoms with E-state index in [9.17, 15) is 4.79 Å². The molecule has 0 spiro atoms. The quantitative estimate of drug-likeness (QED) is 0.811. The SMILES string of the molecule is CC(C)c1nnc(Cn2cccc(C#N)c2=O)o1. The van der Waals surface area contributed by atoms with Crippen LogP contribution in [0.15, 0.2) is 27.5 Å². The lowest BCUT2D eigenvalue weighted by Gasteiger charge is -2.01. The Hall–Kier alpha value is -2.42. The first-order valence-electron chi connectivity index (χ1n) is 5.53. The molecule has 0 amide bonds.